The zero-order valence-electron chi connectivity index (χ0n) is 12.8. The number of carbonyl (C=O) groups is 3. The van der Waals surface area contributed by atoms with Gasteiger partial charge >= 0.3 is 5.97 Å². The third-order valence-corrected chi connectivity index (χ3v) is 3.07. The first-order valence-corrected chi connectivity index (χ1v) is 7.09. The lowest BCUT2D eigenvalue weighted by atomic mass is 10.2. The number of hydrogen-bond acceptors (Lipinski definition) is 4. The Bertz CT molecular complexity index is 732. The van der Waals surface area contributed by atoms with Crippen LogP contribution in [-0.2, 0) is 9.53 Å². The summed E-state index contributed by atoms with van der Waals surface area (Å²) in [5.74, 6) is -2.45. The first kappa shape index (κ1) is 17.1. The van der Waals surface area contributed by atoms with Gasteiger partial charge in [0.1, 0.15) is 5.82 Å². The van der Waals surface area contributed by atoms with Crippen molar-refractivity contribution in [2.24, 2.45) is 0 Å². The minimum atomic E-state index is -1.14. The molecule has 0 spiro atoms. The highest BCUT2D eigenvalue weighted by Crippen LogP contribution is 2.06. The number of carbonyl (C=O) groups excluding carboxylic acids is 3. The third-order valence-electron chi connectivity index (χ3n) is 3.07. The molecule has 2 amide bonds. The molecule has 2 rings (SSSR count). The molecule has 24 heavy (non-hydrogen) atoms. The molecule has 0 aliphatic rings. The molecule has 7 heteroatoms. The predicted octanol–water partition coefficient (Wildman–Crippen LogP) is 1.83. The lowest BCUT2D eigenvalue weighted by Gasteiger charge is -2.14. The lowest BCUT2D eigenvalue weighted by molar-refractivity contribution is -0.129. The van der Waals surface area contributed by atoms with Gasteiger partial charge in [0, 0.05) is 5.56 Å². The molecule has 2 aromatic carbocycles. The van der Waals surface area contributed by atoms with Crippen LogP contribution >= 0.6 is 0 Å². The standard InChI is InChI=1S/C17H15FN2O4/c1-11(24-17(23)13-7-9-14(18)10-8-13)15(21)19-20-16(22)12-5-3-2-4-6-12/h2-11H,1H3,(H,19,21)(H,20,22)/t11-/m1/s1. The van der Waals surface area contributed by atoms with Crippen LogP contribution in [0.25, 0.3) is 0 Å². The summed E-state index contributed by atoms with van der Waals surface area (Å²) in [5, 5.41) is 0. The summed E-state index contributed by atoms with van der Waals surface area (Å²) in [6.07, 6.45) is -1.14. The molecule has 2 aromatic rings. The van der Waals surface area contributed by atoms with Crippen LogP contribution in [0.15, 0.2) is 54.6 Å². The van der Waals surface area contributed by atoms with Gasteiger partial charge in [0.2, 0.25) is 0 Å². The van der Waals surface area contributed by atoms with Gasteiger partial charge in [-0.3, -0.25) is 20.4 Å². The van der Waals surface area contributed by atoms with Crippen molar-refractivity contribution in [3.63, 3.8) is 0 Å². The quantitative estimate of drug-likeness (QED) is 0.662. The van der Waals surface area contributed by atoms with Gasteiger partial charge in [-0.05, 0) is 43.3 Å². The molecule has 0 aromatic heterocycles. The Hall–Kier alpha value is -3.22. The van der Waals surface area contributed by atoms with Crippen LogP contribution in [0.2, 0.25) is 0 Å². The van der Waals surface area contributed by atoms with E-state index in [2.05, 4.69) is 10.9 Å². The van der Waals surface area contributed by atoms with Crippen LogP contribution < -0.4 is 10.9 Å². The summed E-state index contributed by atoms with van der Waals surface area (Å²) in [5.41, 5.74) is 4.88. The van der Waals surface area contributed by atoms with E-state index >= 15 is 0 Å². The van der Waals surface area contributed by atoms with E-state index in [-0.39, 0.29) is 5.56 Å². The highest BCUT2D eigenvalue weighted by molar-refractivity contribution is 5.96. The maximum absolute atomic E-state index is 12.8. The number of nitrogens with one attached hydrogen (secondary N) is 2. The Morgan fingerprint density at radius 3 is 2.17 bits per heavy atom. The fourth-order valence-electron chi connectivity index (χ4n) is 1.75. The molecule has 0 unspecified atom stereocenters. The van der Waals surface area contributed by atoms with E-state index in [1.807, 2.05) is 0 Å². The minimum absolute atomic E-state index is 0.115. The number of hydrazine groups is 1. The summed E-state index contributed by atoms with van der Waals surface area (Å²) in [6, 6.07) is 13.0. The molecule has 0 aliphatic heterocycles. The molecule has 0 bridgehead atoms. The van der Waals surface area contributed by atoms with Gasteiger partial charge in [-0.15, -0.1) is 0 Å². The molecule has 124 valence electrons. The summed E-state index contributed by atoms with van der Waals surface area (Å²) in [6.45, 7) is 1.35. The van der Waals surface area contributed by atoms with E-state index in [1.54, 1.807) is 30.3 Å². The molecule has 6 nitrogen and oxygen atoms in total. The monoisotopic (exact) mass is 330 g/mol. The normalized spacial score (nSPS) is 11.2. The van der Waals surface area contributed by atoms with Gasteiger partial charge in [-0.2, -0.15) is 0 Å². The van der Waals surface area contributed by atoms with E-state index in [1.165, 1.54) is 19.1 Å². The number of benzene rings is 2. The van der Waals surface area contributed by atoms with Crippen molar-refractivity contribution in [2.75, 3.05) is 0 Å². The molecule has 0 heterocycles. The Balaban J connectivity index is 1.84. The first-order chi connectivity index (χ1) is 11.5. The Morgan fingerprint density at radius 1 is 0.917 bits per heavy atom. The van der Waals surface area contributed by atoms with Gasteiger partial charge in [-0.25, -0.2) is 9.18 Å². The van der Waals surface area contributed by atoms with Gasteiger partial charge in [0.05, 0.1) is 5.56 Å². The van der Waals surface area contributed by atoms with Crippen LogP contribution in [0.5, 0.6) is 0 Å². The molecular formula is C17H15FN2O4. The molecule has 0 saturated heterocycles. The molecular weight excluding hydrogens is 315 g/mol. The van der Waals surface area contributed by atoms with E-state index in [9.17, 15) is 18.8 Å². The third kappa shape index (κ3) is 4.64. The first-order valence-electron chi connectivity index (χ1n) is 7.09. The number of esters is 1. The topological polar surface area (TPSA) is 84.5 Å². The highest BCUT2D eigenvalue weighted by Gasteiger charge is 2.19. The van der Waals surface area contributed by atoms with Gasteiger partial charge < -0.3 is 4.74 Å². The number of halogens is 1. The summed E-state index contributed by atoms with van der Waals surface area (Å²) >= 11 is 0. The average molecular weight is 330 g/mol. The lowest BCUT2D eigenvalue weighted by Crippen LogP contribution is -2.46. The number of rotatable bonds is 4. The van der Waals surface area contributed by atoms with Crippen LogP contribution in [0, 0.1) is 5.82 Å². The number of ether oxygens (including phenoxy) is 1. The Morgan fingerprint density at radius 2 is 1.54 bits per heavy atom. The van der Waals surface area contributed by atoms with Crippen molar-refractivity contribution in [3.05, 3.63) is 71.5 Å². The van der Waals surface area contributed by atoms with Gasteiger partial charge in [0.25, 0.3) is 11.8 Å². The van der Waals surface area contributed by atoms with Crippen LogP contribution in [0.1, 0.15) is 27.6 Å². The van der Waals surface area contributed by atoms with Gasteiger partial charge in [0.15, 0.2) is 6.10 Å². The SMILES string of the molecule is C[C@@H](OC(=O)c1ccc(F)cc1)C(=O)NNC(=O)c1ccccc1. The van der Waals surface area contributed by atoms with Crippen molar-refractivity contribution < 1.29 is 23.5 Å². The minimum Gasteiger partial charge on any atom is -0.449 e. The van der Waals surface area contributed by atoms with Crippen LogP contribution in [-0.4, -0.2) is 23.9 Å². The maximum Gasteiger partial charge on any atom is 0.338 e. The fraction of sp³-hybridized carbons (Fsp3) is 0.118. The average Bonchev–Trinajstić information content (AvgIpc) is 2.60. The zero-order valence-corrected chi connectivity index (χ0v) is 12.8. The predicted molar refractivity (Wildman–Crippen MR) is 83.3 cm³/mol. The second-order valence-corrected chi connectivity index (χ2v) is 4.86. The number of hydrogen-bond donors (Lipinski definition) is 2. The fourth-order valence-corrected chi connectivity index (χ4v) is 1.75. The highest BCUT2D eigenvalue weighted by atomic mass is 19.1. The molecule has 1 atom stereocenters. The number of amides is 2. The van der Waals surface area contributed by atoms with E-state index in [0.717, 1.165) is 12.1 Å². The van der Waals surface area contributed by atoms with Crippen LogP contribution in [0.3, 0.4) is 0 Å². The van der Waals surface area contributed by atoms with E-state index in [0.29, 0.717) is 5.56 Å². The van der Waals surface area contributed by atoms with Crippen molar-refractivity contribution in [2.45, 2.75) is 13.0 Å². The molecule has 0 aliphatic carbocycles. The van der Waals surface area contributed by atoms with E-state index < -0.39 is 29.7 Å². The summed E-state index contributed by atoms with van der Waals surface area (Å²) in [4.78, 5) is 35.4. The second-order valence-electron chi connectivity index (χ2n) is 4.86. The summed E-state index contributed by atoms with van der Waals surface area (Å²) in [7, 11) is 0. The van der Waals surface area contributed by atoms with Crippen LogP contribution in [0.4, 0.5) is 4.39 Å². The van der Waals surface area contributed by atoms with Crippen molar-refractivity contribution in [3.8, 4) is 0 Å². The van der Waals surface area contributed by atoms with Crippen molar-refractivity contribution in [1.29, 1.82) is 0 Å². The Kier molecular flexibility index (Phi) is 5.62. The molecule has 0 radical (unpaired) electrons. The molecule has 0 saturated carbocycles. The molecule has 2 N–H and O–H groups in total. The van der Waals surface area contributed by atoms with Gasteiger partial charge in [-0.1, -0.05) is 18.2 Å². The molecule has 0 fully saturated rings. The maximum atomic E-state index is 12.8. The van der Waals surface area contributed by atoms with Crippen molar-refractivity contribution in [1.82, 2.24) is 10.9 Å². The smallest absolute Gasteiger partial charge is 0.338 e. The zero-order chi connectivity index (χ0) is 17.5. The van der Waals surface area contributed by atoms with Crippen molar-refractivity contribution >= 4 is 17.8 Å². The van der Waals surface area contributed by atoms with E-state index in [4.69, 9.17) is 4.74 Å². The Labute approximate surface area is 137 Å². The second kappa shape index (κ2) is 7.87. The largest absolute Gasteiger partial charge is 0.449 e. The summed E-state index contributed by atoms with van der Waals surface area (Å²) < 4.78 is 17.8.